The molecule has 1 atom stereocenters. The predicted octanol–water partition coefficient (Wildman–Crippen LogP) is 8.15. The Balaban J connectivity index is 0.000000570. The Morgan fingerprint density at radius 1 is 1.05 bits per heavy atom. The van der Waals surface area contributed by atoms with Gasteiger partial charge in [-0.2, -0.15) is 0 Å². The fraction of sp³-hybridized carbons (Fsp3) is 0.364. The molecular weight excluding hydrogens is 584 g/mol. The Morgan fingerprint density at radius 2 is 1.77 bits per heavy atom. The second kappa shape index (κ2) is 19.7. The van der Waals surface area contributed by atoms with E-state index in [4.69, 9.17) is 21.1 Å². The van der Waals surface area contributed by atoms with E-state index in [-0.39, 0.29) is 11.8 Å². The molecule has 0 radical (unpaired) electrons. The molecule has 0 saturated carbocycles. The molecule has 5 rings (SSSR count). The van der Waals surface area contributed by atoms with E-state index in [9.17, 15) is 9.00 Å². The first-order valence-corrected chi connectivity index (χ1v) is 16.4. The molecule has 8 nitrogen and oxygen atoms in total. The zero-order valence-electron chi connectivity index (χ0n) is 25.9. The lowest BCUT2D eigenvalue weighted by Crippen LogP contribution is -2.36. The van der Waals surface area contributed by atoms with Crippen molar-refractivity contribution in [3.05, 3.63) is 83.5 Å². The Kier molecular flexibility index (Phi) is 16.5. The minimum atomic E-state index is -1.22. The number of ether oxygens (including phenoxy) is 2. The Bertz CT molecular complexity index is 1430. The van der Waals surface area contributed by atoms with E-state index < -0.39 is 11.0 Å². The summed E-state index contributed by atoms with van der Waals surface area (Å²) in [4.78, 5) is 21.8. The SMILES string of the molecule is CC.CC.CCCOCC.O=C(Nc1ccc(Cl)c(-c2ncc3ccccc3n2)c1)c1ccc(N2CCOCS2=O)cc1. The van der Waals surface area contributed by atoms with E-state index in [0.29, 0.717) is 40.8 Å². The number of carbonyl (C=O) groups excluding carboxylic acids is 1. The number of hydrogen-bond acceptors (Lipinski definition) is 6. The summed E-state index contributed by atoms with van der Waals surface area (Å²) in [5, 5.41) is 4.32. The normalized spacial score (nSPS) is 13.8. The maximum absolute atomic E-state index is 12.8. The van der Waals surface area contributed by atoms with Crippen LogP contribution in [-0.2, 0) is 20.5 Å². The maximum Gasteiger partial charge on any atom is 0.255 e. The standard InChI is InChI=1S/C24H19ClN4O3S.C5H12O.2C2H6/c25-21-10-7-18(13-20(21)23-26-14-17-3-1-2-4-22(17)28-23)27-24(30)16-5-8-19(9-6-16)29-11-12-32-15-33(29)31;1-3-5-6-4-2;2*1-2/h1-10,13-14H,11-12,15H2,(H,27,30);3-5H2,1-2H3;2*1-2H3. The first-order valence-electron chi connectivity index (χ1n) is 14.7. The van der Waals surface area contributed by atoms with Gasteiger partial charge in [-0.25, -0.2) is 14.2 Å². The van der Waals surface area contributed by atoms with Crippen LogP contribution >= 0.6 is 11.6 Å². The molecule has 1 unspecified atom stereocenters. The maximum atomic E-state index is 12.8. The van der Waals surface area contributed by atoms with Crippen LogP contribution in [-0.4, -0.2) is 52.4 Å². The Morgan fingerprint density at radius 3 is 2.42 bits per heavy atom. The van der Waals surface area contributed by atoms with Crippen molar-refractivity contribution in [2.24, 2.45) is 0 Å². The number of halogens is 1. The third-order valence-electron chi connectivity index (χ3n) is 5.79. The highest BCUT2D eigenvalue weighted by molar-refractivity contribution is 7.86. The van der Waals surface area contributed by atoms with Gasteiger partial charge >= 0.3 is 0 Å². The van der Waals surface area contributed by atoms with Gasteiger partial charge in [-0.3, -0.25) is 9.10 Å². The molecule has 2 heterocycles. The molecule has 4 aromatic rings. The van der Waals surface area contributed by atoms with Crippen LogP contribution in [0.25, 0.3) is 22.3 Å². The monoisotopic (exact) mass is 626 g/mol. The highest BCUT2D eigenvalue weighted by Crippen LogP contribution is 2.29. The topological polar surface area (TPSA) is 93.7 Å². The van der Waals surface area contributed by atoms with Crippen molar-refractivity contribution in [1.82, 2.24) is 9.97 Å². The first-order chi connectivity index (χ1) is 21.0. The zero-order chi connectivity index (χ0) is 31.6. The lowest BCUT2D eigenvalue weighted by Gasteiger charge is -2.27. The van der Waals surface area contributed by atoms with Crippen molar-refractivity contribution in [3.63, 3.8) is 0 Å². The van der Waals surface area contributed by atoms with E-state index in [0.717, 1.165) is 36.2 Å². The molecule has 1 saturated heterocycles. The van der Waals surface area contributed by atoms with E-state index >= 15 is 0 Å². The molecule has 0 spiro atoms. The highest BCUT2D eigenvalue weighted by Gasteiger charge is 2.19. The van der Waals surface area contributed by atoms with Gasteiger partial charge in [0.1, 0.15) is 16.9 Å². The Labute approximate surface area is 263 Å². The van der Waals surface area contributed by atoms with Crippen molar-refractivity contribution in [2.75, 3.05) is 41.9 Å². The molecule has 10 heteroatoms. The first kappa shape index (κ1) is 35.8. The van der Waals surface area contributed by atoms with Gasteiger partial charge in [-0.1, -0.05) is 64.4 Å². The number of hydrogen-bond donors (Lipinski definition) is 1. The van der Waals surface area contributed by atoms with Gasteiger partial charge in [0.2, 0.25) is 0 Å². The van der Waals surface area contributed by atoms with Gasteiger partial charge in [-0.15, -0.1) is 0 Å². The van der Waals surface area contributed by atoms with Gasteiger partial charge in [0.25, 0.3) is 5.91 Å². The average molecular weight is 627 g/mol. The molecule has 3 aromatic carbocycles. The van der Waals surface area contributed by atoms with Crippen molar-refractivity contribution in [3.8, 4) is 11.4 Å². The smallest absolute Gasteiger partial charge is 0.255 e. The van der Waals surface area contributed by atoms with Gasteiger partial charge < -0.3 is 14.8 Å². The summed E-state index contributed by atoms with van der Waals surface area (Å²) in [5.41, 5.74) is 3.29. The number of rotatable bonds is 7. The summed E-state index contributed by atoms with van der Waals surface area (Å²) >= 11 is 6.41. The van der Waals surface area contributed by atoms with Crippen molar-refractivity contribution >= 4 is 50.8 Å². The molecule has 1 aliphatic rings. The van der Waals surface area contributed by atoms with Gasteiger partial charge in [0.15, 0.2) is 5.82 Å². The van der Waals surface area contributed by atoms with Gasteiger partial charge in [-0.05, 0) is 61.9 Å². The molecular formula is C33H43ClN4O4S. The second-order valence-corrected chi connectivity index (χ2v) is 10.3. The minimum absolute atomic E-state index is 0.183. The molecule has 1 amide bonds. The van der Waals surface area contributed by atoms with Crippen molar-refractivity contribution in [1.29, 1.82) is 0 Å². The number of fused-ring (bicyclic) bond motifs is 1. The molecule has 1 fully saturated rings. The summed E-state index contributed by atoms with van der Waals surface area (Å²) in [5.74, 6) is 0.400. The molecule has 1 aromatic heterocycles. The van der Waals surface area contributed by atoms with Crippen LogP contribution in [0.1, 0.15) is 58.3 Å². The van der Waals surface area contributed by atoms with E-state index in [1.807, 2.05) is 58.9 Å². The van der Waals surface area contributed by atoms with Crippen LogP contribution in [0.4, 0.5) is 11.4 Å². The summed E-state index contributed by atoms with van der Waals surface area (Å²) in [6.45, 7) is 15.0. The van der Waals surface area contributed by atoms with Crippen LogP contribution in [0.5, 0.6) is 0 Å². The average Bonchev–Trinajstić information content (AvgIpc) is 3.07. The summed E-state index contributed by atoms with van der Waals surface area (Å²) in [6.07, 6.45) is 2.89. The molecule has 232 valence electrons. The number of benzene rings is 3. The van der Waals surface area contributed by atoms with E-state index in [2.05, 4.69) is 22.2 Å². The fourth-order valence-corrected chi connectivity index (χ4v) is 5.06. The van der Waals surface area contributed by atoms with Crippen molar-refractivity contribution < 1.29 is 18.5 Å². The lowest BCUT2D eigenvalue weighted by molar-refractivity contribution is 0.102. The number of anilines is 2. The lowest BCUT2D eigenvalue weighted by atomic mass is 10.1. The summed E-state index contributed by atoms with van der Waals surface area (Å²) in [6, 6.07) is 19.9. The van der Waals surface area contributed by atoms with Crippen LogP contribution in [0.2, 0.25) is 5.02 Å². The van der Waals surface area contributed by atoms with Gasteiger partial charge in [0, 0.05) is 47.3 Å². The third-order valence-corrected chi connectivity index (χ3v) is 7.38. The molecule has 1 N–H and O–H groups in total. The van der Waals surface area contributed by atoms with Crippen molar-refractivity contribution in [2.45, 2.75) is 48.0 Å². The summed E-state index contributed by atoms with van der Waals surface area (Å²) < 4.78 is 24.1. The van der Waals surface area contributed by atoms with Gasteiger partial charge in [0.05, 0.1) is 23.7 Å². The van der Waals surface area contributed by atoms with Crippen LogP contribution in [0, 0.1) is 0 Å². The number of carbonyl (C=O) groups is 1. The van der Waals surface area contributed by atoms with E-state index in [1.54, 1.807) is 53.0 Å². The van der Waals surface area contributed by atoms with Crippen LogP contribution < -0.4 is 9.62 Å². The third kappa shape index (κ3) is 10.7. The highest BCUT2D eigenvalue weighted by atomic mass is 35.5. The fourth-order valence-electron chi connectivity index (χ4n) is 3.84. The zero-order valence-corrected chi connectivity index (χ0v) is 27.5. The largest absolute Gasteiger partial charge is 0.382 e. The predicted molar refractivity (Wildman–Crippen MR) is 180 cm³/mol. The number of amides is 1. The van der Waals surface area contributed by atoms with Crippen LogP contribution in [0.3, 0.4) is 0 Å². The minimum Gasteiger partial charge on any atom is -0.382 e. The number of nitrogens with zero attached hydrogens (tertiary/aromatic N) is 3. The van der Waals surface area contributed by atoms with E-state index in [1.165, 1.54) is 0 Å². The number of nitrogens with one attached hydrogen (secondary N) is 1. The molecule has 43 heavy (non-hydrogen) atoms. The quantitative estimate of drug-likeness (QED) is 0.208. The Hall–Kier alpha value is -3.37. The summed E-state index contributed by atoms with van der Waals surface area (Å²) in [7, 11) is -1.22. The molecule has 0 bridgehead atoms. The molecule has 0 aliphatic carbocycles. The number of aromatic nitrogens is 2. The molecule has 1 aliphatic heterocycles. The number of para-hydroxylation sites is 1. The van der Waals surface area contributed by atoms with Crippen LogP contribution in [0.15, 0.2) is 72.9 Å². The second-order valence-electron chi connectivity index (χ2n) is 8.59.